The van der Waals surface area contributed by atoms with Gasteiger partial charge in [-0.15, -0.1) is 0 Å². The molecule has 0 atom stereocenters. The van der Waals surface area contributed by atoms with E-state index in [1.54, 1.807) is 0 Å². The molecule has 0 saturated heterocycles. The maximum Gasteiger partial charge on any atom is 0.220 e. The van der Waals surface area contributed by atoms with Crippen LogP contribution in [0.5, 0.6) is 0 Å². The van der Waals surface area contributed by atoms with Gasteiger partial charge < -0.3 is 26.6 Å². The van der Waals surface area contributed by atoms with Crippen LogP contribution in [-0.4, -0.2) is 62.3 Å². The van der Waals surface area contributed by atoms with Crippen LogP contribution in [0.4, 0.5) is 0 Å². The third-order valence-electron chi connectivity index (χ3n) is 4.24. The van der Waals surface area contributed by atoms with Crippen LogP contribution in [0, 0.1) is 0 Å². The zero-order valence-corrected chi connectivity index (χ0v) is 18.9. The van der Waals surface area contributed by atoms with Crippen molar-refractivity contribution in [2.75, 3.05) is 32.7 Å². The zero-order chi connectivity index (χ0) is 23.3. The van der Waals surface area contributed by atoms with Crippen molar-refractivity contribution in [3.8, 4) is 0 Å². The summed E-state index contributed by atoms with van der Waals surface area (Å²) < 4.78 is 0. The molecule has 0 radical (unpaired) electrons. The predicted molar refractivity (Wildman–Crippen MR) is 118 cm³/mol. The molecule has 5 amide bonds. The molecule has 0 rings (SSSR count). The Bertz CT molecular complexity index is 568. The van der Waals surface area contributed by atoms with Gasteiger partial charge in [-0.25, -0.2) is 0 Å². The number of hydrogen-bond donors (Lipinski definition) is 5. The first-order chi connectivity index (χ1) is 14.8. The molecule has 0 aliphatic heterocycles. The summed E-state index contributed by atoms with van der Waals surface area (Å²) in [5.41, 5.74) is 0. The first kappa shape index (κ1) is 28.4. The second-order valence-electron chi connectivity index (χ2n) is 7.30. The van der Waals surface area contributed by atoms with E-state index in [4.69, 9.17) is 0 Å². The van der Waals surface area contributed by atoms with E-state index in [1.165, 1.54) is 6.92 Å². The van der Waals surface area contributed by atoms with E-state index in [0.717, 1.165) is 6.42 Å². The van der Waals surface area contributed by atoms with Crippen LogP contribution < -0.4 is 26.6 Å². The van der Waals surface area contributed by atoms with Gasteiger partial charge in [-0.3, -0.25) is 24.0 Å². The highest BCUT2D eigenvalue weighted by Crippen LogP contribution is 1.93. The van der Waals surface area contributed by atoms with Crippen molar-refractivity contribution >= 4 is 29.5 Å². The van der Waals surface area contributed by atoms with Gasteiger partial charge in [0, 0.05) is 65.3 Å². The monoisotopic (exact) mass is 441 g/mol. The molecule has 0 aliphatic rings. The van der Waals surface area contributed by atoms with Crippen molar-refractivity contribution in [1.82, 2.24) is 26.6 Å². The number of rotatable bonds is 18. The summed E-state index contributed by atoms with van der Waals surface area (Å²) in [4.78, 5) is 57.2. The van der Waals surface area contributed by atoms with E-state index in [0.29, 0.717) is 84.1 Å². The van der Waals surface area contributed by atoms with E-state index in [1.807, 2.05) is 6.92 Å². The van der Waals surface area contributed by atoms with Crippen LogP contribution in [0.15, 0.2) is 0 Å². The first-order valence-electron chi connectivity index (χ1n) is 11.2. The molecule has 31 heavy (non-hydrogen) atoms. The molecule has 0 aromatic carbocycles. The van der Waals surface area contributed by atoms with Crippen LogP contribution in [0.1, 0.15) is 71.6 Å². The quantitative estimate of drug-likeness (QED) is 0.192. The van der Waals surface area contributed by atoms with Crippen molar-refractivity contribution in [3.63, 3.8) is 0 Å². The molecular formula is C21H39N5O5. The van der Waals surface area contributed by atoms with E-state index in [2.05, 4.69) is 26.6 Å². The van der Waals surface area contributed by atoms with Crippen molar-refractivity contribution in [3.05, 3.63) is 0 Å². The summed E-state index contributed by atoms with van der Waals surface area (Å²) in [6, 6.07) is 0. The fraction of sp³-hybridized carbons (Fsp3) is 0.762. The molecule has 0 fully saturated rings. The van der Waals surface area contributed by atoms with E-state index in [-0.39, 0.29) is 29.5 Å². The second-order valence-corrected chi connectivity index (χ2v) is 7.30. The standard InChI is InChI=1S/C21H39N5O5/c1-3-12-23-18(28)9-5-14-25-20(30)11-7-16-26-21(31)10-6-15-24-19(29)8-4-13-22-17(2)27/h3-16H2,1-2H3,(H,22,27)(H,23,28)(H,24,29)(H,25,30)(H,26,31). The normalized spacial score (nSPS) is 10.1. The summed E-state index contributed by atoms with van der Waals surface area (Å²) in [5, 5.41) is 13.7. The minimum atomic E-state index is -0.115. The van der Waals surface area contributed by atoms with Gasteiger partial charge in [-0.1, -0.05) is 6.92 Å². The highest BCUT2D eigenvalue weighted by atomic mass is 16.2. The number of carbonyl (C=O) groups excluding carboxylic acids is 5. The third-order valence-corrected chi connectivity index (χ3v) is 4.24. The van der Waals surface area contributed by atoms with Crippen LogP contribution in [0.3, 0.4) is 0 Å². The van der Waals surface area contributed by atoms with E-state index < -0.39 is 0 Å². The van der Waals surface area contributed by atoms with Crippen molar-refractivity contribution in [2.45, 2.75) is 71.6 Å². The molecule has 0 saturated carbocycles. The van der Waals surface area contributed by atoms with E-state index in [9.17, 15) is 24.0 Å². The minimum absolute atomic E-state index is 0.000317. The van der Waals surface area contributed by atoms with Gasteiger partial charge in [0.2, 0.25) is 29.5 Å². The van der Waals surface area contributed by atoms with Crippen LogP contribution >= 0.6 is 0 Å². The molecule has 0 aromatic heterocycles. The van der Waals surface area contributed by atoms with Gasteiger partial charge in [0.05, 0.1) is 0 Å². The molecule has 0 aliphatic carbocycles. The van der Waals surface area contributed by atoms with Crippen LogP contribution in [-0.2, 0) is 24.0 Å². The summed E-state index contributed by atoms with van der Waals surface area (Å²) in [7, 11) is 0. The SMILES string of the molecule is CCCNC(=O)CCCNC(=O)CCCNC(=O)CCCNC(=O)CCCNC(C)=O. The van der Waals surface area contributed by atoms with Gasteiger partial charge in [-0.05, 0) is 32.1 Å². The topological polar surface area (TPSA) is 146 Å². The van der Waals surface area contributed by atoms with Gasteiger partial charge >= 0.3 is 0 Å². The number of amides is 5. The van der Waals surface area contributed by atoms with Crippen LogP contribution in [0.25, 0.3) is 0 Å². The molecule has 0 bridgehead atoms. The Morgan fingerprint density at radius 2 is 0.774 bits per heavy atom. The summed E-state index contributed by atoms with van der Waals surface area (Å²) in [6.07, 6.45) is 4.51. The van der Waals surface area contributed by atoms with Gasteiger partial charge in [0.15, 0.2) is 0 Å². The lowest BCUT2D eigenvalue weighted by Gasteiger charge is -2.08. The van der Waals surface area contributed by atoms with Crippen molar-refractivity contribution in [2.24, 2.45) is 0 Å². The summed E-state index contributed by atoms with van der Waals surface area (Å²) >= 11 is 0. The Kier molecular flexibility index (Phi) is 17.7. The Hall–Kier alpha value is -2.65. The Labute approximate surface area is 185 Å². The molecule has 178 valence electrons. The summed E-state index contributed by atoms with van der Waals surface area (Å²) in [5.74, 6) is -0.419. The maximum absolute atomic E-state index is 11.8. The van der Waals surface area contributed by atoms with Gasteiger partial charge in [-0.2, -0.15) is 0 Å². The first-order valence-corrected chi connectivity index (χ1v) is 11.2. The molecule has 10 heteroatoms. The molecule has 0 aromatic rings. The van der Waals surface area contributed by atoms with Crippen molar-refractivity contribution < 1.29 is 24.0 Å². The average molecular weight is 442 g/mol. The number of nitrogens with one attached hydrogen (secondary N) is 5. The molecule has 0 spiro atoms. The van der Waals surface area contributed by atoms with Gasteiger partial charge in [0.25, 0.3) is 0 Å². The second kappa shape index (κ2) is 19.3. The molecule has 10 nitrogen and oxygen atoms in total. The average Bonchev–Trinajstić information content (AvgIpc) is 2.73. The molecule has 0 heterocycles. The summed E-state index contributed by atoms with van der Waals surface area (Å²) in [6.45, 7) is 5.87. The van der Waals surface area contributed by atoms with Crippen LogP contribution in [0.2, 0.25) is 0 Å². The highest BCUT2D eigenvalue weighted by molar-refractivity contribution is 5.78. The molecular weight excluding hydrogens is 402 g/mol. The Balaban J connectivity index is 3.52. The lowest BCUT2D eigenvalue weighted by atomic mass is 10.2. The predicted octanol–water partition coefficient (Wildman–Crippen LogP) is 0.118. The smallest absolute Gasteiger partial charge is 0.220 e. The number of carbonyl (C=O) groups is 5. The molecule has 0 unspecified atom stereocenters. The Morgan fingerprint density at radius 1 is 0.484 bits per heavy atom. The molecule has 5 N–H and O–H groups in total. The fourth-order valence-corrected chi connectivity index (χ4v) is 2.56. The maximum atomic E-state index is 11.8. The third kappa shape index (κ3) is 20.4. The van der Waals surface area contributed by atoms with E-state index >= 15 is 0 Å². The lowest BCUT2D eigenvalue weighted by molar-refractivity contribution is -0.123. The van der Waals surface area contributed by atoms with Gasteiger partial charge in [0.1, 0.15) is 0 Å². The largest absolute Gasteiger partial charge is 0.356 e. The minimum Gasteiger partial charge on any atom is -0.356 e. The lowest BCUT2D eigenvalue weighted by Crippen LogP contribution is -2.30. The fourth-order valence-electron chi connectivity index (χ4n) is 2.56. The highest BCUT2D eigenvalue weighted by Gasteiger charge is 2.05. The van der Waals surface area contributed by atoms with Crippen molar-refractivity contribution in [1.29, 1.82) is 0 Å². The number of hydrogen-bond acceptors (Lipinski definition) is 5. The Morgan fingerprint density at radius 3 is 1.06 bits per heavy atom. The zero-order valence-electron chi connectivity index (χ0n) is 18.9.